The predicted molar refractivity (Wildman–Crippen MR) is 63.5 cm³/mol. The van der Waals surface area contributed by atoms with Gasteiger partial charge in [0.05, 0.1) is 25.2 Å². The van der Waals surface area contributed by atoms with Crippen LogP contribution in [0.3, 0.4) is 0 Å². The number of rotatable bonds is 3. The van der Waals surface area contributed by atoms with Gasteiger partial charge < -0.3 is 4.74 Å². The summed E-state index contributed by atoms with van der Waals surface area (Å²) in [6, 6.07) is 5.58. The third-order valence-electron chi connectivity index (χ3n) is 2.43. The SMILES string of the molecule is CCc1c(C#N)ccc(S)c1CC(=O)OC. The number of nitriles is 1. The maximum atomic E-state index is 11.3. The Kier molecular flexibility index (Phi) is 4.39. The van der Waals surface area contributed by atoms with Crippen LogP contribution in [0.2, 0.25) is 0 Å². The molecule has 84 valence electrons. The van der Waals surface area contributed by atoms with Crippen LogP contribution >= 0.6 is 12.6 Å². The molecule has 0 saturated carbocycles. The van der Waals surface area contributed by atoms with Gasteiger partial charge in [0, 0.05) is 4.90 Å². The van der Waals surface area contributed by atoms with Crippen LogP contribution in [0.5, 0.6) is 0 Å². The maximum absolute atomic E-state index is 11.3. The first-order chi connectivity index (χ1) is 7.63. The number of hydrogen-bond donors (Lipinski definition) is 1. The lowest BCUT2D eigenvalue weighted by molar-refractivity contribution is -0.139. The number of carbonyl (C=O) groups excluding carboxylic acids is 1. The Morgan fingerprint density at radius 3 is 2.69 bits per heavy atom. The van der Waals surface area contributed by atoms with E-state index in [0.717, 1.165) is 16.0 Å². The average Bonchev–Trinajstić information content (AvgIpc) is 2.31. The molecule has 0 saturated heterocycles. The Morgan fingerprint density at radius 2 is 2.19 bits per heavy atom. The van der Waals surface area contributed by atoms with Crippen LogP contribution in [0.25, 0.3) is 0 Å². The minimum atomic E-state index is -0.319. The van der Waals surface area contributed by atoms with Crippen molar-refractivity contribution < 1.29 is 9.53 Å². The molecule has 0 radical (unpaired) electrons. The van der Waals surface area contributed by atoms with E-state index in [1.54, 1.807) is 12.1 Å². The fraction of sp³-hybridized carbons (Fsp3) is 0.333. The molecule has 0 unspecified atom stereocenters. The van der Waals surface area contributed by atoms with Gasteiger partial charge >= 0.3 is 5.97 Å². The van der Waals surface area contributed by atoms with Crippen LogP contribution in [0, 0.1) is 11.3 Å². The molecule has 16 heavy (non-hydrogen) atoms. The van der Waals surface area contributed by atoms with Crippen molar-refractivity contribution in [3.05, 3.63) is 28.8 Å². The smallest absolute Gasteiger partial charge is 0.310 e. The quantitative estimate of drug-likeness (QED) is 0.645. The minimum absolute atomic E-state index is 0.161. The fourth-order valence-corrected chi connectivity index (χ4v) is 1.89. The van der Waals surface area contributed by atoms with E-state index in [4.69, 9.17) is 5.26 Å². The zero-order chi connectivity index (χ0) is 12.1. The summed E-state index contributed by atoms with van der Waals surface area (Å²) < 4.78 is 4.63. The highest BCUT2D eigenvalue weighted by molar-refractivity contribution is 7.80. The van der Waals surface area contributed by atoms with E-state index in [1.165, 1.54) is 7.11 Å². The van der Waals surface area contributed by atoms with Gasteiger partial charge in [-0.1, -0.05) is 6.92 Å². The summed E-state index contributed by atoms with van der Waals surface area (Å²) in [5.74, 6) is -0.319. The van der Waals surface area contributed by atoms with Gasteiger partial charge in [-0.3, -0.25) is 4.79 Å². The second kappa shape index (κ2) is 5.57. The van der Waals surface area contributed by atoms with Gasteiger partial charge in [0.1, 0.15) is 0 Å². The molecule has 0 aliphatic rings. The highest BCUT2D eigenvalue weighted by Crippen LogP contribution is 2.23. The number of nitrogens with zero attached hydrogens (tertiary/aromatic N) is 1. The Morgan fingerprint density at radius 1 is 1.50 bits per heavy atom. The molecular formula is C12H13NO2S. The predicted octanol–water partition coefficient (Wildman–Crippen LogP) is 2.12. The number of ether oxygens (including phenoxy) is 1. The molecule has 0 bridgehead atoms. The van der Waals surface area contributed by atoms with Crippen molar-refractivity contribution in [3.63, 3.8) is 0 Å². The number of methoxy groups -OCH3 is 1. The fourth-order valence-electron chi connectivity index (χ4n) is 1.60. The summed E-state index contributed by atoms with van der Waals surface area (Å²) in [5, 5.41) is 8.97. The van der Waals surface area contributed by atoms with Crippen LogP contribution in [0.4, 0.5) is 0 Å². The monoisotopic (exact) mass is 235 g/mol. The molecule has 4 heteroatoms. The van der Waals surface area contributed by atoms with Gasteiger partial charge in [-0.15, -0.1) is 12.6 Å². The van der Waals surface area contributed by atoms with Crippen molar-refractivity contribution in [1.29, 1.82) is 5.26 Å². The Hall–Kier alpha value is -1.47. The molecule has 1 aromatic carbocycles. The van der Waals surface area contributed by atoms with Gasteiger partial charge in [0.2, 0.25) is 0 Å². The van der Waals surface area contributed by atoms with Crippen molar-refractivity contribution in [2.24, 2.45) is 0 Å². The van der Waals surface area contributed by atoms with E-state index in [-0.39, 0.29) is 12.4 Å². The standard InChI is InChI=1S/C12H13NO2S/c1-3-9-8(7-13)4-5-11(16)10(9)6-12(14)15-2/h4-5,16H,3,6H2,1-2H3. The first kappa shape index (κ1) is 12.6. The number of hydrogen-bond acceptors (Lipinski definition) is 4. The number of carbonyl (C=O) groups is 1. The molecule has 0 aliphatic heterocycles. The van der Waals surface area contributed by atoms with Gasteiger partial charge in [0.25, 0.3) is 0 Å². The second-order valence-corrected chi connectivity index (χ2v) is 3.79. The second-order valence-electron chi connectivity index (χ2n) is 3.31. The van der Waals surface area contributed by atoms with Crippen molar-refractivity contribution in [2.75, 3.05) is 7.11 Å². The first-order valence-electron chi connectivity index (χ1n) is 4.94. The summed E-state index contributed by atoms with van der Waals surface area (Å²) >= 11 is 4.30. The molecule has 1 aromatic rings. The summed E-state index contributed by atoms with van der Waals surface area (Å²) in [5.41, 5.74) is 2.26. The van der Waals surface area contributed by atoms with Crippen molar-refractivity contribution in [1.82, 2.24) is 0 Å². The normalized spacial score (nSPS) is 9.62. The molecule has 0 aromatic heterocycles. The highest BCUT2D eigenvalue weighted by atomic mass is 32.1. The molecule has 0 fully saturated rings. The summed E-state index contributed by atoms with van der Waals surface area (Å²) in [7, 11) is 1.35. The van der Waals surface area contributed by atoms with Crippen LogP contribution in [0.1, 0.15) is 23.6 Å². The molecule has 3 nitrogen and oxygen atoms in total. The molecule has 0 heterocycles. The molecular weight excluding hydrogens is 222 g/mol. The summed E-state index contributed by atoms with van der Waals surface area (Å²) in [6.45, 7) is 1.95. The molecule has 0 N–H and O–H groups in total. The molecule has 0 amide bonds. The lowest BCUT2D eigenvalue weighted by atomic mass is 9.97. The third kappa shape index (κ3) is 2.56. The van der Waals surface area contributed by atoms with Crippen molar-refractivity contribution >= 4 is 18.6 Å². The van der Waals surface area contributed by atoms with Crippen molar-refractivity contribution in [2.45, 2.75) is 24.7 Å². The maximum Gasteiger partial charge on any atom is 0.310 e. The van der Waals surface area contributed by atoms with Gasteiger partial charge in [-0.25, -0.2) is 0 Å². The minimum Gasteiger partial charge on any atom is -0.469 e. The van der Waals surface area contributed by atoms with E-state index in [0.29, 0.717) is 12.0 Å². The Labute approximate surface area is 100 Å². The van der Waals surface area contributed by atoms with Gasteiger partial charge in [-0.2, -0.15) is 5.26 Å². The lowest BCUT2D eigenvalue weighted by Crippen LogP contribution is -2.08. The van der Waals surface area contributed by atoms with Crippen LogP contribution in [-0.4, -0.2) is 13.1 Å². The molecule has 0 spiro atoms. The molecule has 0 atom stereocenters. The third-order valence-corrected chi connectivity index (χ3v) is 2.85. The summed E-state index contributed by atoms with van der Waals surface area (Å²) in [4.78, 5) is 12.0. The lowest BCUT2D eigenvalue weighted by Gasteiger charge is -2.11. The highest BCUT2D eigenvalue weighted by Gasteiger charge is 2.13. The Balaban J connectivity index is 3.24. The van der Waals surface area contributed by atoms with Gasteiger partial charge in [-0.05, 0) is 29.7 Å². The van der Waals surface area contributed by atoms with E-state index in [9.17, 15) is 4.79 Å². The molecule has 1 rings (SSSR count). The summed E-state index contributed by atoms with van der Waals surface area (Å²) in [6.07, 6.45) is 0.859. The molecule has 0 aliphatic carbocycles. The van der Waals surface area contributed by atoms with Crippen LogP contribution in [-0.2, 0) is 22.4 Å². The van der Waals surface area contributed by atoms with E-state index >= 15 is 0 Å². The van der Waals surface area contributed by atoms with E-state index in [1.807, 2.05) is 6.92 Å². The zero-order valence-corrected chi connectivity index (χ0v) is 10.2. The van der Waals surface area contributed by atoms with Crippen LogP contribution in [0.15, 0.2) is 17.0 Å². The average molecular weight is 235 g/mol. The van der Waals surface area contributed by atoms with E-state index in [2.05, 4.69) is 23.4 Å². The van der Waals surface area contributed by atoms with Crippen molar-refractivity contribution in [3.8, 4) is 6.07 Å². The van der Waals surface area contributed by atoms with Gasteiger partial charge in [0.15, 0.2) is 0 Å². The van der Waals surface area contributed by atoms with Crippen LogP contribution < -0.4 is 0 Å². The van der Waals surface area contributed by atoms with E-state index < -0.39 is 0 Å². The first-order valence-corrected chi connectivity index (χ1v) is 5.39. The number of benzene rings is 1. The Bertz CT molecular complexity index is 449. The number of esters is 1. The zero-order valence-electron chi connectivity index (χ0n) is 9.28. The largest absolute Gasteiger partial charge is 0.469 e. The topological polar surface area (TPSA) is 50.1 Å². The number of thiol groups is 1.